The van der Waals surface area contributed by atoms with E-state index in [1.807, 2.05) is 30.3 Å². The number of alkyl halides is 3. The fourth-order valence-corrected chi connectivity index (χ4v) is 5.02. The zero-order chi connectivity index (χ0) is 26.8. The number of aliphatic hydroxyl groups is 1. The Hall–Kier alpha value is -1.84. The number of hydrogen-bond donors (Lipinski definition) is 1. The minimum Gasteiger partial charge on any atom is -0.394 e. The van der Waals surface area contributed by atoms with Gasteiger partial charge in [0.25, 0.3) is 0 Å². The lowest BCUT2D eigenvalue weighted by Gasteiger charge is -2.34. The third-order valence-electron chi connectivity index (χ3n) is 5.63. The standard InChI is InChI=1S/C25H29F3N2O2S/c26-25(27,28)19-7-8-24-22(18-19)20(21-4-1-2-6-23(21)33-24)5-3-9-29-10-12-30(13-11-29)14-16-32-17-15-31/h1-2,4-8,18,31H,3,9-17H2/b20-5+/i14D2,16D2. The summed E-state index contributed by atoms with van der Waals surface area (Å²) in [6.45, 7) is -3.37. The summed E-state index contributed by atoms with van der Waals surface area (Å²) < 4.78 is 77.5. The first kappa shape index (κ1) is 19.5. The number of piperazine rings is 1. The van der Waals surface area contributed by atoms with Gasteiger partial charge in [0, 0.05) is 51.8 Å². The fraction of sp³-hybridized carbons (Fsp3) is 0.440. The molecule has 0 radical (unpaired) electrons. The maximum atomic E-state index is 13.4. The Kier molecular flexibility index (Phi) is 6.52. The van der Waals surface area contributed by atoms with E-state index < -0.39 is 31.4 Å². The molecule has 33 heavy (non-hydrogen) atoms. The quantitative estimate of drug-likeness (QED) is 0.507. The Morgan fingerprint density at radius 3 is 2.52 bits per heavy atom. The van der Waals surface area contributed by atoms with Crippen LogP contribution in [0.3, 0.4) is 0 Å². The molecular formula is C25H29F3N2O2S. The first-order chi connectivity index (χ1) is 17.4. The number of nitrogens with zero attached hydrogens (tertiary/aromatic N) is 2. The van der Waals surface area contributed by atoms with Crippen LogP contribution in [0.5, 0.6) is 0 Å². The second-order valence-corrected chi connectivity index (χ2v) is 8.91. The third-order valence-corrected chi connectivity index (χ3v) is 6.78. The number of aliphatic hydroxyl groups excluding tert-OH is 1. The zero-order valence-electron chi connectivity index (χ0n) is 22.1. The molecule has 0 aromatic heterocycles. The van der Waals surface area contributed by atoms with E-state index in [1.54, 1.807) is 0 Å². The molecule has 1 fully saturated rings. The van der Waals surface area contributed by atoms with Crippen LogP contribution in [0.4, 0.5) is 13.2 Å². The molecule has 1 N–H and O–H groups in total. The van der Waals surface area contributed by atoms with Crippen molar-refractivity contribution < 1.29 is 28.5 Å². The number of benzene rings is 2. The van der Waals surface area contributed by atoms with Gasteiger partial charge < -0.3 is 14.7 Å². The zero-order valence-corrected chi connectivity index (χ0v) is 18.9. The van der Waals surface area contributed by atoms with Gasteiger partial charge in [-0.05, 0) is 47.4 Å². The van der Waals surface area contributed by atoms with Gasteiger partial charge in [-0.25, -0.2) is 0 Å². The number of fused-ring (bicyclic) bond motifs is 2. The summed E-state index contributed by atoms with van der Waals surface area (Å²) in [5, 5.41) is 8.88. The molecule has 4 nitrogen and oxygen atoms in total. The molecule has 0 aliphatic carbocycles. The Labute approximate surface area is 202 Å². The largest absolute Gasteiger partial charge is 0.416 e. The van der Waals surface area contributed by atoms with Gasteiger partial charge in [0.05, 0.1) is 28.1 Å². The molecule has 0 amide bonds. The molecule has 2 heterocycles. The van der Waals surface area contributed by atoms with Crippen molar-refractivity contribution in [3.05, 3.63) is 65.2 Å². The van der Waals surface area contributed by atoms with Gasteiger partial charge in [-0.2, -0.15) is 13.2 Å². The van der Waals surface area contributed by atoms with Crippen molar-refractivity contribution in [2.75, 3.05) is 59.0 Å². The summed E-state index contributed by atoms with van der Waals surface area (Å²) in [6, 6.07) is 11.5. The van der Waals surface area contributed by atoms with E-state index >= 15 is 0 Å². The average molecular weight is 483 g/mol. The van der Waals surface area contributed by atoms with Gasteiger partial charge in [0.2, 0.25) is 0 Å². The van der Waals surface area contributed by atoms with Crippen molar-refractivity contribution in [1.29, 1.82) is 0 Å². The Morgan fingerprint density at radius 1 is 1.03 bits per heavy atom. The van der Waals surface area contributed by atoms with E-state index in [2.05, 4.69) is 4.90 Å². The van der Waals surface area contributed by atoms with Gasteiger partial charge in [-0.1, -0.05) is 36.0 Å². The minimum absolute atomic E-state index is 0.294. The van der Waals surface area contributed by atoms with Crippen LogP contribution in [-0.2, 0) is 10.9 Å². The smallest absolute Gasteiger partial charge is 0.394 e. The third kappa shape index (κ3) is 6.19. The lowest BCUT2D eigenvalue weighted by molar-refractivity contribution is -0.137. The molecule has 0 atom stereocenters. The van der Waals surface area contributed by atoms with E-state index in [1.165, 1.54) is 28.8 Å². The highest BCUT2D eigenvalue weighted by Crippen LogP contribution is 2.47. The van der Waals surface area contributed by atoms with Crippen LogP contribution in [0.1, 0.15) is 28.6 Å². The predicted molar refractivity (Wildman–Crippen MR) is 124 cm³/mol. The van der Waals surface area contributed by atoms with E-state index in [9.17, 15) is 13.2 Å². The average Bonchev–Trinajstić information content (AvgIpc) is 2.86. The summed E-state index contributed by atoms with van der Waals surface area (Å²) in [7, 11) is 0. The molecule has 0 bridgehead atoms. The first-order valence-corrected chi connectivity index (χ1v) is 11.7. The molecule has 4 rings (SSSR count). The summed E-state index contributed by atoms with van der Waals surface area (Å²) in [5.74, 6) is 0. The van der Waals surface area contributed by atoms with Crippen molar-refractivity contribution in [1.82, 2.24) is 9.80 Å². The van der Waals surface area contributed by atoms with Crippen LogP contribution in [-0.4, -0.2) is 73.9 Å². The van der Waals surface area contributed by atoms with Crippen LogP contribution in [0.2, 0.25) is 0 Å². The monoisotopic (exact) mass is 482 g/mol. The molecule has 2 aliphatic rings. The maximum Gasteiger partial charge on any atom is 0.416 e. The highest BCUT2D eigenvalue weighted by atomic mass is 32.2. The van der Waals surface area contributed by atoms with E-state index in [-0.39, 0.29) is 6.61 Å². The Balaban J connectivity index is 1.45. The summed E-state index contributed by atoms with van der Waals surface area (Å²) in [4.78, 5) is 5.31. The number of rotatable bonds is 8. The van der Waals surface area contributed by atoms with Crippen molar-refractivity contribution in [2.45, 2.75) is 22.4 Å². The summed E-state index contributed by atoms with van der Waals surface area (Å²) >= 11 is 1.46. The number of halogens is 3. The van der Waals surface area contributed by atoms with Crippen LogP contribution >= 0.6 is 11.8 Å². The molecule has 2 aliphatic heterocycles. The first-order valence-electron chi connectivity index (χ1n) is 12.9. The molecule has 8 heteroatoms. The van der Waals surface area contributed by atoms with Crippen molar-refractivity contribution in [3.8, 4) is 0 Å². The molecule has 0 saturated carbocycles. The van der Waals surface area contributed by atoms with Crippen LogP contribution in [0.25, 0.3) is 5.57 Å². The molecule has 178 valence electrons. The second-order valence-electron chi connectivity index (χ2n) is 7.83. The van der Waals surface area contributed by atoms with E-state index in [0.717, 1.165) is 27.0 Å². The van der Waals surface area contributed by atoms with Crippen molar-refractivity contribution in [2.24, 2.45) is 0 Å². The highest BCUT2D eigenvalue weighted by Gasteiger charge is 2.32. The highest BCUT2D eigenvalue weighted by molar-refractivity contribution is 7.99. The lowest BCUT2D eigenvalue weighted by Crippen LogP contribution is -2.47. The molecule has 2 aromatic rings. The molecular weight excluding hydrogens is 449 g/mol. The Bertz CT molecular complexity index is 1140. The molecule has 0 spiro atoms. The van der Waals surface area contributed by atoms with Gasteiger partial charge in [-0.15, -0.1) is 0 Å². The van der Waals surface area contributed by atoms with Crippen molar-refractivity contribution in [3.63, 3.8) is 0 Å². The number of ether oxygens (including phenoxy) is 1. The molecule has 0 unspecified atom stereocenters. The number of hydrogen-bond acceptors (Lipinski definition) is 5. The predicted octanol–water partition coefficient (Wildman–Crippen LogP) is 4.62. The van der Waals surface area contributed by atoms with Crippen molar-refractivity contribution >= 4 is 17.3 Å². The maximum absolute atomic E-state index is 13.4. The molecule has 2 aromatic carbocycles. The van der Waals surface area contributed by atoms with Gasteiger partial charge >= 0.3 is 6.18 Å². The minimum atomic E-state index is -4.43. The van der Waals surface area contributed by atoms with Crippen LogP contribution in [0, 0.1) is 0 Å². The van der Waals surface area contributed by atoms with Gasteiger partial charge in [0.1, 0.15) is 0 Å². The van der Waals surface area contributed by atoms with E-state index in [0.29, 0.717) is 44.7 Å². The molecule has 1 saturated heterocycles. The normalized spacial score (nSPS) is 21.0. The SMILES string of the molecule is [2H]C([2H])(OCCO)C([2H])([2H])N1CCN(CC/C=C2\c3ccccc3Sc3ccc(C(F)(F)F)cc32)CC1. The summed E-state index contributed by atoms with van der Waals surface area (Å²) in [5.41, 5.74) is 1.58. The Morgan fingerprint density at radius 2 is 1.76 bits per heavy atom. The lowest BCUT2D eigenvalue weighted by atomic mass is 9.94. The topological polar surface area (TPSA) is 35.9 Å². The van der Waals surface area contributed by atoms with Crippen LogP contribution < -0.4 is 0 Å². The second kappa shape index (κ2) is 11.1. The van der Waals surface area contributed by atoms with Gasteiger partial charge in [0.15, 0.2) is 0 Å². The summed E-state index contributed by atoms with van der Waals surface area (Å²) in [6.07, 6.45) is -1.85. The van der Waals surface area contributed by atoms with Crippen LogP contribution in [0.15, 0.2) is 58.3 Å². The fourth-order valence-electron chi connectivity index (χ4n) is 3.94. The van der Waals surface area contributed by atoms with Gasteiger partial charge in [-0.3, -0.25) is 4.90 Å². The van der Waals surface area contributed by atoms with E-state index in [4.69, 9.17) is 15.3 Å².